The van der Waals surface area contributed by atoms with Gasteiger partial charge >= 0.3 is 0 Å². The summed E-state index contributed by atoms with van der Waals surface area (Å²) in [7, 11) is 0. The van der Waals surface area contributed by atoms with Crippen molar-refractivity contribution in [1.29, 1.82) is 0 Å². The van der Waals surface area contributed by atoms with E-state index in [9.17, 15) is 9.90 Å². The molecule has 1 fully saturated rings. The molecule has 7 heteroatoms. The van der Waals surface area contributed by atoms with Crippen molar-refractivity contribution in [2.75, 3.05) is 6.54 Å². The van der Waals surface area contributed by atoms with Crippen molar-refractivity contribution < 1.29 is 11.3 Å². The fourth-order valence-electron chi connectivity index (χ4n) is 4.26. The van der Waals surface area contributed by atoms with Gasteiger partial charge in [0.25, 0.3) is 0 Å². The van der Waals surface area contributed by atoms with Crippen molar-refractivity contribution in [3.05, 3.63) is 53.3 Å². The molecular formula is C26H40N4O2S. The summed E-state index contributed by atoms with van der Waals surface area (Å²) < 4.78 is 0. The Morgan fingerprint density at radius 2 is 2.00 bits per heavy atom. The number of aryl methyl sites for hydroxylation is 1. The number of carbonyl (C=O) groups is 1. The Balaban J connectivity index is 0.00000408. The molecule has 0 bridgehead atoms. The van der Waals surface area contributed by atoms with E-state index in [0.717, 1.165) is 17.0 Å². The molecule has 0 spiro atoms. The highest BCUT2D eigenvalue weighted by Crippen LogP contribution is 2.29. The largest absolute Gasteiger partial charge is 0.391 e. The maximum absolute atomic E-state index is 13.5. The van der Waals surface area contributed by atoms with Gasteiger partial charge in [-0.25, -0.2) is 4.98 Å². The summed E-state index contributed by atoms with van der Waals surface area (Å²) in [4.78, 5) is 20.8. The van der Waals surface area contributed by atoms with E-state index >= 15 is 0 Å². The van der Waals surface area contributed by atoms with Crippen LogP contribution in [-0.4, -0.2) is 51.7 Å². The van der Waals surface area contributed by atoms with Gasteiger partial charge in [0.2, 0.25) is 5.91 Å². The number of nitrogens with zero attached hydrogens (tertiary/aromatic N) is 2. The highest BCUT2D eigenvalue weighted by Gasteiger charge is 2.42. The number of hydrogen-bond acceptors (Lipinski definition) is 6. The van der Waals surface area contributed by atoms with Gasteiger partial charge in [-0.3, -0.25) is 4.79 Å². The fraction of sp³-hybridized carbons (Fsp3) is 0.538. The van der Waals surface area contributed by atoms with Crippen molar-refractivity contribution in [2.24, 2.45) is 5.41 Å². The molecule has 1 aromatic heterocycles. The minimum atomic E-state index is -0.543. The quantitative estimate of drug-likeness (QED) is 0.533. The minimum Gasteiger partial charge on any atom is -0.391 e. The minimum absolute atomic E-state index is 0. The van der Waals surface area contributed by atoms with Crippen LogP contribution in [0.5, 0.6) is 0 Å². The fourth-order valence-corrected chi connectivity index (χ4v) is 5.08. The molecule has 1 amide bonds. The van der Waals surface area contributed by atoms with Crippen molar-refractivity contribution in [3.8, 4) is 10.4 Å². The molecule has 182 valence electrons. The summed E-state index contributed by atoms with van der Waals surface area (Å²) in [6.45, 7) is 17.5. The van der Waals surface area contributed by atoms with Crippen LogP contribution in [0.2, 0.25) is 0 Å². The Morgan fingerprint density at radius 1 is 1.33 bits per heavy atom. The van der Waals surface area contributed by atoms with Gasteiger partial charge in [-0.1, -0.05) is 65.5 Å². The lowest BCUT2D eigenvalue weighted by atomic mass is 9.85. The number of rotatable bonds is 8. The van der Waals surface area contributed by atoms with Gasteiger partial charge in [-0.15, -0.1) is 11.3 Å². The summed E-state index contributed by atoms with van der Waals surface area (Å²) in [5.74, 6) is 0.0185. The molecule has 0 saturated carbocycles. The number of amides is 1. The molecule has 1 saturated heterocycles. The number of hydrogen-bond donors (Lipinski definition) is 3. The molecule has 3 N–H and O–H groups in total. The zero-order valence-corrected chi connectivity index (χ0v) is 21.5. The zero-order chi connectivity index (χ0) is 24.3. The van der Waals surface area contributed by atoms with E-state index in [1.165, 1.54) is 10.4 Å². The number of aromatic nitrogens is 1. The van der Waals surface area contributed by atoms with Gasteiger partial charge in [-0.05, 0) is 23.5 Å². The highest BCUT2D eigenvalue weighted by atomic mass is 32.1. The molecule has 0 unspecified atom stereocenters. The summed E-state index contributed by atoms with van der Waals surface area (Å²) in [5.41, 5.74) is 5.73. The zero-order valence-electron chi connectivity index (χ0n) is 20.7. The molecule has 2 aromatic rings. The average Bonchev–Trinajstić information content (AvgIpc) is 3.35. The third kappa shape index (κ3) is 6.22. The van der Waals surface area contributed by atoms with Gasteiger partial charge in [0, 0.05) is 32.7 Å². The summed E-state index contributed by atoms with van der Waals surface area (Å²) in [6.07, 6.45) is -0.0428. The van der Waals surface area contributed by atoms with Crippen molar-refractivity contribution in [2.45, 2.75) is 78.7 Å². The Bertz CT molecular complexity index is 968. The van der Waals surface area contributed by atoms with Crippen LogP contribution in [0.3, 0.4) is 0 Å². The molecule has 3 atom stereocenters. The summed E-state index contributed by atoms with van der Waals surface area (Å²) in [5, 5.41) is 17.2. The first-order valence-corrected chi connectivity index (χ1v) is 12.5. The lowest BCUT2D eigenvalue weighted by molar-refractivity contribution is -0.137. The SMILES string of the molecule is C=C(NCc1ccc(-c2scnc2C)cc1)[C@@H]1C[C@H](O)CN1C(=O)[C@@H](NC(C)C)C(C)(C)C.[HH]. The molecule has 2 heterocycles. The van der Waals surface area contributed by atoms with Gasteiger partial charge < -0.3 is 20.6 Å². The number of benzene rings is 1. The Morgan fingerprint density at radius 3 is 2.55 bits per heavy atom. The number of carbonyl (C=O) groups excluding carboxylic acids is 1. The third-order valence-corrected chi connectivity index (χ3v) is 7.04. The maximum Gasteiger partial charge on any atom is 0.240 e. The van der Waals surface area contributed by atoms with Crippen LogP contribution < -0.4 is 10.6 Å². The first-order chi connectivity index (χ1) is 15.5. The molecule has 0 aliphatic carbocycles. The van der Waals surface area contributed by atoms with E-state index in [4.69, 9.17) is 0 Å². The van der Waals surface area contributed by atoms with Gasteiger partial charge in [0.15, 0.2) is 0 Å². The molecule has 1 aromatic carbocycles. The van der Waals surface area contributed by atoms with Gasteiger partial charge in [0.1, 0.15) is 0 Å². The normalized spacial score (nSPS) is 19.7. The molecular weight excluding hydrogens is 432 g/mol. The van der Waals surface area contributed by atoms with Crippen LogP contribution in [0.15, 0.2) is 42.1 Å². The lowest BCUT2D eigenvalue weighted by Gasteiger charge is -2.37. The summed E-state index contributed by atoms with van der Waals surface area (Å²) in [6, 6.07) is 8.04. The molecule has 1 aliphatic rings. The van der Waals surface area contributed by atoms with Crippen LogP contribution in [0.1, 0.15) is 53.7 Å². The van der Waals surface area contributed by atoms with Crippen LogP contribution in [0, 0.1) is 12.3 Å². The first kappa shape index (κ1) is 25.4. The Hall–Kier alpha value is -2.22. The van der Waals surface area contributed by atoms with E-state index in [2.05, 4.69) is 67.2 Å². The van der Waals surface area contributed by atoms with E-state index < -0.39 is 6.10 Å². The standard InChI is InChI=1S/C26H38N4O2S.H2/c1-16(2)29-24(26(5,6)7)25(32)30-14-21(31)12-22(30)17(3)27-13-19-8-10-20(11-9-19)23-18(4)28-15-33-23;/h8-11,15-16,21-22,24,27,29,31H,3,12-14H2,1-2,4-7H3;1H/t21-,22-,24+;/m0./s1. The number of thiazole rings is 1. The van der Waals surface area contributed by atoms with Gasteiger partial charge in [0.05, 0.1) is 34.3 Å². The Kier molecular flexibility index (Phi) is 7.98. The number of likely N-dealkylation sites (tertiary alicyclic amines) is 1. The van der Waals surface area contributed by atoms with Crippen LogP contribution in [0.4, 0.5) is 0 Å². The van der Waals surface area contributed by atoms with E-state index in [-0.39, 0.29) is 30.9 Å². The Labute approximate surface area is 203 Å². The van der Waals surface area contributed by atoms with Crippen LogP contribution in [0.25, 0.3) is 10.4 Å². The van der Waals surface area contributed by atoms with E-state index in [1.54, 1.807) is 16.2 Å². The van der Waals surface area contributed by atoms with Crippen molar-refractivity contribution in [1.82, 2.24) is 20.5 Å². The maximum atomic E-state index is 13.5. The third-order valence-electron chi connectivity index (χ3n) is 6.06. The second-order valence-electron chi connectivity index (χ2n) is 10.4. The summed E-state index contributed by atoms with van der Waals surface area (Å²) >= 11 is 1.65. The van der Waals surface area contributed by atoms with Crippen LogP contribution in [-0.2, 0) is 11.3 Å². The van der Waals surface area contributed by atoms with Crippen LogP contribution >= 0.6 is 11.3 Å². The van der Waals surface area contributed by atoms with Gasteiger partial charge in [-0.2, -0.15) is 0 Å². The molecule has 1 aliphatic heterocycles. The molecule has 0 radical (unpaired) electrons. The monoisotopic (exact) mass is 472 g/mol. The first-order valence-electron chi connectivity index (χ1n) is 11.6. The second-order valence-corrected chi connectivity index (χ2v) is 11.2. The number of nitrogens with one attached hydrogen (secondary N) is 2. The molecule has 33 heavy (non-hydrogen) atoms. The van der Waals surface area contributed by atoms with Crippen molar-refractivity contribution >= 4 is 17.2 Å². The second kappa shape index (κ2) is 10.4. The van der Waals surface area contributed by atoms with Crippen molar-refractivity contribution in [3.63, 3.8) is 0 Å². The highest BCUT2D eigenvalue weighted by molar-refractivity contribution is 7.13. The van der Waals surface area contributed by atoms with E-state index in [1.807, 2.05) is 26.3 Å². The number of β-amino-alcohol motifs (C(OH)–C–C–N with tert-alkyl or cyclic N) is 1. The number of aliphatic hydroxyl groups excluding tert-OH is 1. The average molecular weight is 473 g/mol. The predicted molar refractivity (Wildman–Crippen MR) is 138 cm³/mol. The smallest absolute Gasteiger partial charge is 0.240 e. The number of aliphatic hydroxyl groups is 1. The predicted octanol–water partition coefficient (Wildman–Crippen LogP) is 4.34. The topological polar surface area (TPSA) is 77.5 Å². The molecule has 3 rings (SSSR count). The lowest BCUT2D eigenvalue weighted by Crippen LogP contribution is -2.56. The van der Waals surface area contributed by atoms with E-state index in [0.29, 0.717) is 19.5 Å². The molecule has 6 nitrogen and oxygen atoms in total.